The third-order valence-electron chi connectivity index (χ3n) is 4.45. The fourth-order valence-electron chi connectivity index (χ4n) is 3.07. The summed E-state index contributed by atoms with van der Waals surface area (Å²) in [6.07, 6.45) is 1.65. The Kier molecular flexibility index (Phi) is 8.21. The molecule has 0 aliphatic rings. The van der Waals surface area contributed by atoms with Crippen molar-refractivity contribution in [1.29, 1.82) is 0 Å². The molecule has 30 heavy (non-hydrogen) atoms. The largest absolute Gasteiger partial charge is 0.358 e. The molecule has 1 atom stereocenters. The van der Waals surface area contributed by atoms with Gasteiger partial charge in [0.2, 0.25) is 11.9 Å². The minimum atomic E-state index is -0.349. The van der Waals surface area contributed by atoms with Crippen LogP contribution in [0.2, 0.25) is 0 Å². The second kappa shape index (κ2) is 11.1. The number of hydrogen-bond donors (Lipinski definition) is 3. The number of aromatic nitrogens is 2. The average molecular weight is 444 g/mol. The predicted octanol–water partition coefficient (Wildman–Crippen LogP) is 4.71. The van der Waals surface area contributed by atoms with Crippen LogP contribution in [0.1, 0.15) is 35.7 Å². The third-order valence-corrected chi connectivity index (χ3v) is 6.26. The molecule has 0 fully saturated rings. The molecule has 0 aliphatic carbocycles. The molecule has 0 radical (unpaired) electrons. The zero-order chi connectivity index (χ0) is 21.3. The van der Waals surface area contributed by atoms with Crippen molar-refractivity contribution >= 4 is 40.3 Å². The smallest absolute Gasteiger partial charge is 0.242 e. The molecule has 3 aromatic rings. The molecular weight excluding hydrogens is 414 g/mol. The van der Waals surface area contributed by atoms with Crippen molar-refractivity contribution in [3.8, 4) is 0 Å². The number of rotatable bonds is 11. The van der Waals surface area contributed by atoms with Gasteiger partial charge in [0.05, 0.1) is 6.54 Å². The second-order valence-corrected chi connectivity index (χ2v) is 9.66. The fraction of sp³-hybridized carbons (Fsp3) is 0.409. The molecule has 0 saturated carbocycles. The maximum Gasteiger partial charge on any atom is 0.242 e. The number of anilines is 2. The van der Waals surface area contributed by atoms with Crippen molar-refractivity contribution in [2.24, 2.45) is 5.92 Å². The standard InChI is InChI=1S/C22H29N5OS2/c1-15(2)12-19(21(28)24-14-18-7-5-11-30-18)26-20-13-16(3)25-22(27-20)23-9-8-17-6-4-10-29-17/h4-7,10-11,13,15,19H,8-9,12,14H2,1-3H3,(H,24,28)(H2,23,25,26,27)/t19-/m0/s1. The minimum Gasteiger partial charge on any atom is -0.358 e. The molecule has 3 rings (SSSR count). The predicted molar refractivity (Wildman–Crippen MR) is 126 cm³/mol. The molecule has 0 unspecified atom stereocenters. The summed E-state index contributed by atoms with van der Waals surface area (Å²) in [7, 11) is 0. The van der Waals surface area contributed by atoms with E-state index < -0.39 is 0 Å². The van der Waals surface area contributed by atoms with Gasteiger partial charge in [-0.1, -0.05) is 26.0 Å². The molecule has 160 valence electrons. The van der Waals surface area contributed by atoms with E-state index in [1.54, 1.807) is 22.7 Å². The number of carbonyl (C=O) groups is 1. The van der Waals surface area contributed by atoms with E-state index in [0.717, 1.165) is 30.0 Å². The SMILES string of the molecule is Cc1cc(N[C@@H](CC(C)C)C(=O)NCc2cccs2)nc(NCCc2cccs2)n1. The van der Waals surface area contributed by atoms with E-state index >= 15 is 0 Å². The number of carbonyl (C=O) groups excluding carboxylic acids is 1. The van der Waals surface area contributed by atoms with Gasteiger partial charge in [0.15, 0.2) is 0 Å². The van der Waals surface area contributed by atoms with E-state index in [4.69, 9.17) is 0 Å². The van der Waals surface area contributed by atoms with Crippen molar-refractivity contribution < 1.29 is 4.79 Å². The zero-order valence-electron chi connectivity index (χ0n) is 17.6. The quantitative estimate of drug-likeness (QED) is 0.400. The van der Waals surface area contributed by atoms with Gasteiger partial charge in [0, 0.05) is 28.1 Å². The number of thiophene rings is 2. The van der Waals surface area contributed by atoms with Gasteiger partial charge in [-0.25, -0.2) is 4.98 Å². The molecule has 3 N–H and O–H groups in total. The first kappa shape index (κ1) is 22.2. The maximum atomic E-state index is 12.8. The molecule has 0 saturated heterocycles. The lowest BCUT2D eigenvalue weighted by Gasteiger charge is -2.21. The number of nitrogens with zero attached hydrogens (tertiary/aromatic N) is 2. The lowest BCUT2D eigenvalue weighted by atomic mass is 10.0. The first-order chi connectivity index (χ1) is 14.5. The van der Waals surface area contributed by atoms with Crippen LogP contribution in [0.25, 0.3) is 0 Å². The Morgan fingerprint density at radius 1 is 1.10 bits per heavy atom. The summed E-state index contributed by atoms with van der Waals surface area (Å²) >= 11 is 3.39. The zero-order valence-corrected chi connectivity index (χ0v) is 19.3. The van der Waals surface area contributed by atoms with Crippen LogP contribution in [0.5, 0.6) is 0 Å². The Balaban J connectivity index is 1.62. The Labute approximate surface area is 186 Å². The highest BCUT2D eigenvalue weighted by atomic mass is 32.1. The summed E-state index contributed by atoms with van der Waals surface area (Å²) in [5.74, 6) is 1.61. The van der Waals surface area contributed by atoms with Crippen LogP contribution in [-0.4, -0.2) is 28.5 Å². The molecule has 8 heteroatoms. The Morgan fingerprint density at radius 2 is 1.83 bits per heavy atom. The normalized spacial score (nSPS) is 12.0. The average Bonchev–Trinajstić information content (AvgIpc) is 3.39. The van der Waals surface area contributed by atoms with E-state index in [1.807, 2.05) is 30.5 Å². The summed E-state index contributed by atoms with van der Waals surface area (Å²) in [5, 5.41) is 13.8. The molecule has 0 spiro atoms. The van der Waals surface area contributed by atoms with Crippen LogP contribution in [0.15, 0.2) is 41.1 Å². The van der Waals surface area contributed by atoms with Crippen molar-refractivity contribution in [1.82, 2.24) is 15.3 Å². The molecular formula is C22H29N5OS2. The molecule has 3 heterocycles. The van der Waals surface area contributed by atoms with Crippen molar-refractivity contribution in [3.05, 3.63) is 56.5 Å². The van der Waals surface area contributed by atoms with Crippen LogP contribution in [0.4, 0.5) is 11.8 Å². The summed E-state index contributed by atoms with van der Waals surface area (Å²) in [6.45, 7) is 7.48. The van der Waals surface area contributed by atoms with Gasteiger partial charge in [-0.2, -0.15) is 4.98 Å². The first-order valence-corrected chi connectivity index (χ1v) is 11.9. The van der Waals surface area contributed by atoms with E-state index in [0.29, 0.717) is 24.2 Å². The van der Waals surface area contributed by atoms with E-state index in [2.05, 4.69) is 57.3 Å². The van der Waals surface area contributed by atoms with Crippen molar-refractivity contribution in [2.75, 3.05) is 17.2 Å². The topological polar surface area (TPSA) is 78.9 Å². The fourth-order valence-corrected chi connectivity index (χ4v) is 4.42. The van der Waals surface area contributed by atoms with Crippen LogP contribution in [0, 0.1) is 12.8 Å². The number of amides is 1. The van der Waals surface area contributed by atoms with Gasteiger partial charge in [0.25, 0.3) is 0 Å². The van der Waals surface area contributed by atoms with Gasteiger partial charge in [0.1, 0.15) is 11.9 Å². The van der Waals surface area contributed by atoms with Crippen molar-refractivity contribution in [3.63, 3.8) is 0 Å². The van der Waals surface area contributed by atoms with Crippen LogP contribution in [-0.2, 0) is 17.8 Å². The Hall–Kier alpha value is -2.45. The van der Waals surface area contributed by atoms with Crippen molar-refractivity contribution in [2.45, 2.75) is 46.2 Å². The van der Waals surface area contributed by atoms with Gasteiger partial charge in [-0.05, 0) is 48.6 Å². The summed E-state index contributed by atoms with van der Waals surface area (Å²) in [4.78, 5) is 24.4. The number of hydrogen-bond acceptors (Lipinski definition) is 7. The molecule has 1 amide bonds. The highest BCUT2D eigenvalue weighted by Crippen LogP contribution is 2.16. The Morgan fingerprint density at radius 3 is 2.50 bits per heavy atom. The lowest BCUT2D eigenvalue weighted by Crippen LogP contribution is -2.40. The second-order valence-electron chi connectivity index (χ2n) is 7.60. The van der Waals surface area contributed by atoms with E-state index in [9.17, 15) is 4.79 Å². The molecule has 0 aromatic carbocycles. The first-order valence-electron chi connectivity index (χ1n) is 10.2. The highest BCUT2D eigenvalue weighted by Gasteiger charge is 2.20. The maximum absolute atomic E-state index is 12.8. The molecule has 0 bridgehead atoms. The van der Waals surface area contributed by atoms with Gasteiger partial charge >= 0.3 is 0 Å². The molecule has 6 nitrogen and oxygen atoms in total. The lowest BCUT2D eigenvalue weighted by molar-refractivity contribution is -0.122. The monoisotopic (exact) mass is 443 g/mol. The summed E-state index contributed by atoms with van der Waals surface area (Å²) in [5.41, 5.74) is 0.855. The number of aryl methyl sites for hydroxylation is 1. The summed E-state index contributed by atoms with van der Waals surface area (Å²) < 4.78 is 0. The Bertz CT molecular complexity index is 910. The minimum absolute atomic E-state index is 0.0134. The third kappa shape index (κ3) is 7.11. The molecule has 0 aliphatic heterocycles. The molecule has 3 aromatic heterocycles. The van der Waals surface area contributed by atoms with Crippen LogP contribution >= 0.6 is 22.7 Å². The van der Waals surface area contributed by atoms with Gasteiger partial charge in [-0.15, -0.1) is 22.7 Å². The summed E-state index contributed by atoms with van der Waals surface area (Å²) in [6, 6.07) is 9.73. The van der Waals surface area contributed by atoms with Gasteiger partial charge in [-0.3, -0.25) is 4.79 Å². The van der Waals surface area contributed by atoms with E-state index in [1.165, 1.54) is 4.88 Å². The van der Waals surface area contributed by atoms with Gasteiger partial charge < -0.3 is 16.0 Å². The number of nitrogens with one attached hydrogen (secondary N) is 3. The van der Waals surface area contributed by atoms with Crippen LogP contribution in [0.3, 0.4) is 0 Å². The van der Waals surface area contributed by atoms with E-state index in [-0.39, 0.29) is 11.9 Å². The van der Waals surface area contributed by atoms with Crippen LogP contribution < -0.4 is 16.0 Å². The highest BCUT2D eigenvalue weighted by molar-refractivity contribution is 7.10.